The van der Waals surface area contributed by atoms with Gasteiger partial charge in [-0.3, -0.25) is 19.2 Å². The van der Waals surface area contributed by atoms with Crippen LogP contribution in [0.3, 0.4) is 0 Å². The first-order valence-corrected chi connectivity index (χ1v) is 14.3. The molecule has 236 valence electrons. The van der Waals surface area contributed by atoms with Crippen LogP contribution in [0.1, 0.15) is 46.4 Å². The number of unbranched alkanes of at least 4 members (excludes halogenated alkanes) is 2. The van der Waals surface area contributed by atoms with E-state index >= 15 is 0 Å². The zero-order valence-electron chi connectivity index (χ0n) is 24.4. The van der Waals surface area contributed by atoms with Crippen LogP contribution in [0.15, 0.2) is 30.4 Å². The molecule has 0 radical (unpaired) electrons. The number of hydrogen-bond acceptors (Lipinski definition) is 11. The number of allylic oxidation sites excluding steroid dienone is 1. The van der Waals surface area contributed by atoms with Gasteiger partial charge in [-0.2, -0.15) is 0 Å². The maximum absolute atomic E-state index is 11.8. The van der Waals surface area contributed by atoms with Crippen LogP contribution in [-0.4, -0.2) is 117 Å². The molecule has 0 aliphatic carbocycles. The maximum Gasteiger partial charge on any atom is 0.220 e. The zero-order valence-corrected chi connectivity index (χ0v) is 24.4. The van der Waals surface area contributed by atoms with Crippen molar-refractivity contribution in [2.45, 2.75) is 25.7 Å². The second-order valence-electron chi connectivity index (χ2n) is 8.87. The Morgan fingerprint density at radius 3 is 1.90 bits per heavy atom. The van der Waals surface area contributed by atoms with Gasteiger partial charge in [0.25, 0.3) is 0 Å². The number of amides is 1. The van der Waals surface area contributed by atoms with Gasteiger partial charge in [0.05, 0.1) is 71.6 Å². The van der Waals surface area contributed by atoms with Crippen LogP contribution >= 0.6 is 0 Å². The van der Waals surface area contributed by atoms with E-state index in [0.717, 1.165) is 32.1 Å². The Balaban J connectivity index is 1.77. The molecule has 2 N–H and O–H groups in total. The summed E-state index contributed by atoms with van der Waals surface area (Å²) in [5.74, 6) is 0.388. The maximum atomic E-state index is 11.8. The van der Waals surface area contributed by atoms with Crippen molar-refractivity contribution < 1.29 is 47.6 Å². The average Bonchev–Trinajstić information content (AvgIpc) is 3.01. The molecule has 0 unspecified atom stereocenters. The summed E-state index contributed by atoms with van der Waals surface area (Å²) >= 11 is 0. The van der Waals surface area contributed by atoms with E-state index in [9.17, 15) is 19.2 Å². The van der Waals surface area contributed by atoms with E-state index in [0.29, 0.717) is 115 Å². The lowest BCUT2D eigenvalue weighted by molar-refractivity contribution is -0.121. The summed E-state index contributed by atoms with van der Waals surface area (Å²) in [6.07, 6.45) is 8.70. The third-order valence-electron chi connectivity index (χ3n) is 5.58. The van der Waals surface area contributed by atoms with Crippen LogP contribution in [0.4, 0.5) is 0 Å². The van der Waals surface area contributed by atoms with Crippen molar-refractivity contribution in [1.29, 1.82) is 0 Å². The van der Waals surface area contributed by atoms with Crippen molar-refractivity contribution >= 4 is 24.8 Å². The zero-order chi connectivity index (χ0) is 30.4. The minimum atomic E-state index is 0.0321. The molecule has 42 heavy (non-hydrogen) atoms. The van der Waals surface area contributed by atoms with Gasteiger partial charge in [0.15, 0.2) is 6.29 Å². The minimum absolute atomic E-state index is 0.0321. The van der Waals surface area contributed by atoms with Gasteiger partial charge < -0.3 is 39.1 Å². The Kier molecular flexibility index (Phi) is 24.8. The van der Waals surface area contributed by atoms with Crippen LogP contribution in [0.2, 0.25) is 0 Å². The summed E-state index contributed by atoms with van der Waals surface area (Å²) in [4.78, 5) is 43.8. The summed E-state index contributed by atoms with van der Waals surface area (Å²) in [6.45, 7) is 6.53. The molecule has 0 aliphatic heterocycles. The first kappa shape index (κ1) is 37.0. The van der Waals surface area contributed by atoms with Gasteiger partial charge in [0.2, 0.25) is 5.91 Å². The molecule has 0 atom stereocenters. The summed E-state index contributed by atoms with van der Waals surface area (Å²) in [5, 5.41) is 6.05. The first-order chi connectivity index (χ1) is 20.7. The molecule has 1 aromatic carbocycles. The van der Waals surface area contributed by atoms with Gasteiger partial charge in [0.1, 0.15) is 24.9 Å². The van der Waals surface area contributed by atoms with E-state index in [2.05, 4.69) is 10.6 Å². The highest BCUT2D eigenvalue weighted by Gasteiger charge is 2.05. The molecule has 0 fully saturated rings. The second-order valence-corrected chi connectivity index (χ2v) is 8.87. The molecule has 1 rings (SSSR count). The third-order valence-corrected chi connectivity index (χ3v) is 5.58. The molecule has 0 saturated heterocycles. The largest absolute Gasteiger partial charge is 0.490 e. The highest BCUT2D eigenvalue weighted by Crippen LogP contribution is 2.18. The van der Waals surface area contributed by atoms with Crippen molar-refractivity contribution in [2.75, 3.05) is 92.3 Å². The van der Waals surface area contributed by atoms with Gasteiger partial charge in [0, 0.05) is 25.1 Å². The SMILES string of the molecule is O=C/C=C\CNCCCCCC(=O)NCCOCCOCCOCCOCCOCCOc1cc(C=O)ccc1C=O. The van der Waals surface area contributed by atoms with Gasteiger partial charge in [-0.15, -0.1) is 0 Å². The lowest BCUT2D eigenvalue weighted by Gasteiger charge is -2.10. The first-order valence-electron chi connectivity index (χ1n) is 14.3. The molecule has 12 nitrogen and oxygen atoms in total. The Morgan fingerprint density at radius 2 is 1.31 bits per heavy atom. The van der Waals surface area contributed by atoms with E-state index in [4.69, 9.17) is 28.4 Å². The summed E-state index contributed by atoms with van der Waals surface area (Å²) in [5.41, 5.74) is 0.819. The molecule has 1 aromatic rings. The Morgan fingerprint density at radius 1 is 0.690 bits per heavy atom. The number of carbonyl (C=O) groups excluding carboxylic acids is 4. The molecule has 1 amide bonds. The number of nitrogens with one attached hydrogen (secondary N) is 2. The monoisotopic (exact) mass is 594 g/mol. The summed E-state index contributed by atoms with van der Waals surface area (Å²) in [7, 11) is 0. The summed E-state index contributed by atoms with van der Waals surface area (Å²) in [6, 6.07) is 4.62. The molecular formula is C30H46N2O10. The van der Waals surface area contributed by atoms with Crippen LogP contribution < -0.4 is 15.4 Å². The normalized spacial score (nSPS) is 11.0. The Hall–Kier alpha value is -3.00. The van der Waals surface area contributed by atoms with E-state index < -0.39 is 0 Å². The Labute approximate surface area is 248 Å². The van der Waals surface area contributed by atoms with Crippen molar-refractivity contribution in [2.24, 2.45) is 0 Å². The van der Waals surface area contributed by atoms with E-state index in [-0.39, 0.29) is 12.5 Å². The van der Waals surface area contributed by atoms with Crippen LogP contribution in [-0.2, 0) is 33.3 Å². The van der Waals surface area contributed by atoms with Gasteiger partial charge in [-0.05, 0) is 37.6 Å². The number of rotatable bonds is 30. The number of benzene rings is 1. The molecule has 0 aliphatic rings. The highest BCUT2D eigenvalue weighted by molar-refractivity contribution is 5.83. The smallest absolute Gasteiger partial charge is 0.220 e. The van der Waals surface area contributed by atoms with Gasteiger partial charge in [-0.1, -0.05) is 18.6 Å². The number of hydrogen-bond donors (Lipinski definition) is 2. The molecule has 0 bridgehead atoms. The fraction of sp³-hybridized carbons (Fsp3) is 0.600. The fourth-order valence-electron chi connectivity index (χ4n) is 3.41. The standard InChI is InChI=1S/C30H46N2O10/c33-12-5-4-10-31-9-3-1-2-6-30(36)32-11-13-37-14-15-38-16-17-39-18-19-40-20-21-41-22-23-42-29-24-27(25-34)7-8-28(29)26-35/h4-5,7-8,12,24-26,31H,1-3,6,9-11,13-23H2,(H,32,36)/b5-4-. The lowest BCUT2D eigenvalue weighted by Crippen LogP contribution is -2.27. The molecule has 0 aromatic heterocycles. The van der Waals surface area contributed by atoms with Crippen molar-refractivity contribution in [3.8, 4) is 5.75 Å². The van der Waals surface area contributed by atoms with E-state index in [1.54, 1.807) is 18.2 Å². The molecule has 0 spiro atoms. The number of aldehydes is 3. The highest BCUT2D eigenvalue weighted by atomic mass is 16.6. The van der Waals surface area contributed by atoms with Gasteiger partial charge in [-0.25, -0.2) is 0 Å². The quantitative estimate of drug-likeness (QED) is 0.0763. The Bertz CT molecular complexity index is 882. The van der Waals surface area contributed by atoms with Crippen molar-refractivity contribution in [3.05, 3.63) is 41.5 Å². The predicted octanol–water partition coefficient (Wildman–Crippen LogP) is 1.79. The second kappa shape index (κ2) is 28.1. The molecule has 0 saturated carbocycles. The van der Waals surface area contributed by atoms with Crippen molar-refractivity contribution in [3.63, 3.8) is 0 Å². The third kappa shape index (κ3) is 21.7. The number of carbonyl (C=O) groups is 4. The van der Waals surface area contributed by atoms with Crippen LogP contribution in [0, 0.1) is 0 Å². The summed E-state index contributed by atoms with van der Waals surface area (Å²) < 4.78 is 32.7. The average molecular weight is 595 g/mol. The van der Waals surface area contributed by atoms with Crippen LogP contribution in [0.5, 0.6) is 5.75 Å². The minimum Gasteiger partial charge on any atom is -0.490 e. The van der Waals surface area contributed by atoms with Crippen LogP contribution in [0.25, 0.3) is 0 Å². The number of ether oxygens (including phenoxy) is 6. The lowest BCUT2D eigenvalue weighted by atomic mass is 10.1. The van der Waals surface area contributed by atoms with E-state index in [1.807, 2.05) is 0 Å². The van der Waals surface area contributed by atoms with E-state index in [1.165, 1.54) is 12.1 Å². The fourth-order valence-corrected chi connectivity index (χ4v) is 3.41. The topological polar surface area (TPSA) is 148 Å². The van der Waals surface area contributed by atoms with Gasteiger partial charge >= 0.3 is 0 Å². The molecule has 12 heteroatoms. The molecular weight excluding hydrogens is 548 g/mol. The predicted molar refractivity (Wildman–Crippen MR) is 156 cm³/mol. The van der Waals surface area contributed by atoms with Crippen molar-refractivity contribution in [1.82, 2.24) is 10.6 Å². The molecule has 0 heterocycles.